The lowest BCUT2D eigenvalue weighted by atomic mass is 9.92. The van der Waals surface area contributed by atoms with Crippen LogP contribution in [0.4, 0.5) is 0 Å². The standard InChI is InChI=1S/C25H25N3O4S/c1-16(13-28-23(30)19-8-4-5-9-20(19)24(28)31)22(29)27-14-18-7-3-2-6-17(18)12-21(27)25(32)26-10-11-33-15-26/h2-9,16,21H,10-15H2,1H3/t16-,21-/m0/s1. The van der Waals surface area contributed by atoms with Crippen LogP contribution in [-0.2, 0) is 22.6 Å². The monoisotopic (exact) mass is 463 g/mol. The van der Waals surface area contributed by atoms with Gasteiger partial charge in [0.1, 0.15) is 6.04 Å². The van der Waals surface area contributed by atoms with Gasteiger partial charge in [0.25, 0.3) is 11.8 Å². The molecule has 0 aromatic heterocycles. The molecule has 2 aromatic rings. The molecule has 3 aliphatic heterocycles. The zero-order chi connectivity index (χ0) is 23.1. The summed E-state index contributed by atoms with van der Waals surface area (Å²) in [6, 6.07) is 14.0. The van der Waals surface area contributed by atoms with E-state index in [4.69, 9.17) is 0 Å². The first-order chi connectivity index (χ1) is 16.0. The Kier molecular flexibility index (Phi) is 5.70. The maximum Gasteiger partial charge on any atom is 0.261 e. The van der Waals surface area contributed by atoms with Gasteiger partial charge in [0.2, 0.25) is 11.8 Å². The van der Waals surface area contributed by atoms with Crippen LogP contribution in [0.5, 0.6) is 0 Å². The van der Waals surface area contributed by atoms with Gasteiger partial charge >= 0.3 is 0 Å². The summed E-state index contributed by atoms with van der Waals surface area (Å²) < 4.78 is 0. The Bertz CT molecular complexity index is 1110. The second-order valence-electron chi connectivity index (χ2n) is 8.76. The van der Waals surface area contributed by atoms with Gasteiger partial charge in [0.15, 0.2) is 0 Å². The molecule has 1 saturated heterocycles. The van der Waals surface area contributed by atoms with E-state index in [0.29, 0.717) is 36.5 Å². The number of fused-ring (bicyclic) bond motifs is 2. The highest BCUT2D eigenvalue weighted by atomic mass is 32.2. The minimum Gasteiger partial charge on any atom is -0.331 e. The van der Waals surface area contributed by atoms with E-state index < -0.39 is 12.0 Å². The van der Waals surface area contributed by atoms with Crippen molar-refractivity contribution in [1.82, 2.24) is 14.7 Å². The molecular formula is C25H25N3O4S. The van der Waals surface area contributed by atoms with Crippen LogP contribution in [0.25, 0.3) is 0 Å². The number of rotatable bonds is 4. The normalized spacial score (nSPS) is 20.6. The number of carbonyl (C=O) groups excluding carboxylic acids is 4. The van der Waals surface area contributed by atoms with Crippen LogP contribution in [0.1, 0.15) is 38.8 Å². The van der Waals surface area contributed by atoms with E-state index in [2.05, 4.69) is 0 Å². The minimum atomic E-state index is -0.624. The molecule has 33 heavy (non-hydrogen) atoms. The van der Waals surface area contributed by atoms with E-state index in [9.17, 15) is 19.2 Å². The molecule has 7 nitrogen and oxygen atoms in total. The lowest BCUT2D eigenvalue weighted by molar-refractivity contribution is -0.148. The Hall–Kier alpha value is -3.13. The van der Waals surface area contributed by atoms with E-state index in [1.807, 2.05) is 29.2 Å². The fourth-order valence-electron chi connectivity index (χ4n) is 4.81. The van der Waals surface area contributed by atoms with Crippen molar-refractivity contribution in [2.24, 2.45) is 5.92 Å². The van der Waals surface area contributed by atoms with Crippen molar-refractivity contribution >= 4 is 35.4 Å². The fourth-order valence-corrected chi connectivity index (χ4v) is 5.77. The Balaban J connectivity index is 1.38. The summed E-state index contributed by atoms with van der Waals surface area (Å²) >= 11 is 1.71. The third-order valence-electron chi connectivity index (χ3n) is 6.64. The molecule has 0 spiro atoms. The molecule has 8 heteroatoms. The summed E-state index contributed by atoms with van der Waals surface area (Å²) in [5.74, 6) is -0.0763. The lowest BCUT2D eigenvalue weighted by Crippen LogP contribution is -2.55. The van der Waals surface area contributed by atoms with Crippen molar-refractivity contribution in [3.63, 3.8) is 0 Å². The topological polar surface area (TPSA) is 78.0 Å². The second kappa shape index (κ2) is 8.67. The van der Waals surface area contributed by atoms with Crippen LogP contribution in [-0.4, -0.2) is 69.1 Å². The number of hydrogen-bond donors (Lipinski definition) is 0. The van der Waals surface area contributed by atoms with Gasteiger partial charge in [0, 0.05) is 31.8 Å². The molecule has 0 saturated carbocycles. The summed E-state index contributed by atoms with van der Waals surface area (Å²) in [6.45, 7) is 2.75. The molecule has 2 aromatic carbocycles. The number of nitrogens with zero attached hydrogens (tertiary/aromatic N) is 3. The van der Waals surface area contributed by atoms with Gasteiger partial charge in [-0.25, -0.2) is 0 Å². The molecule has 0 aliphatic carbocycles. The Morgan fingerprint density at radius 1 is 1.00 bits per heavy atom. The lowest BCUT2D eigenvalue weighted by Gasteiger charge is -2.39. The molecule has 3 heterocycles. The van der Waals surface area contributed by atoms with Crippen LogP contribution in [0.2, 0.25) is 0 Å². The van der Waals surface area contributed by atoms with Crippen molar-refractivity contribution < 1.29 is 19.2 Å². The number of benzene rings is 2. The first kappa shape index (κ1) is 21.7. The molecular weight excluding hydrogens is 438 g/mol. The largest absolute Gasteiger partial charge is 0.331 e. The predicted molar refractivity (Wildman–Crippen MR) is 124 cm³/mol. The highest BCUT2D eigenvalue weighted by Gasteiger charge is 2.41. The van der Waals surface area contributed by atoms with Gasteiger partial charge in [-0.3, -0.25) is 24.1 Å². The number of carbonyl (C=O) groups is 4. The van der Waals surface area contributed by atoms with Crippen LogP contribution in [0.15, 0.2) is 48.5 Å². The maximum absolute atomic E-state index is 13.6. The van der Waals surface area contributed by atoms with Crippen LogP contribution in [0.3, 0.4) is 0 Å². The highest BCUT2D eigenvalue weighted by Crippen LogP contribution is 2.29. The van der Waals surface area contributed by atoms with Crippen LogP contribution < -0.4 is 0 Å². The molecule has 0 N–H and O–H groups in total. The Morgan fingerprint density at radius 2 is 1.64 bits per heavy atom. The van der Waals surface area contributed by atoms with E-state index in [1.165, 1.54) is 0 Å². The summed E-state index contributed by atoms with van der Waals surface area (Å²) in [5, 5.41) is 0. The van der Waals surface area contributed by atoms with Crippen molar-refractivity contribution in [2.75, 3.05) is 24.7 Å². The number of imide groups is 1. The molecule has 0 unspecified atom stereocenters. The number of amides is 4. The Morgan fingerprint density at radius 3 is 2.27 bits per heavy atom. The molecule has 0 bridgehead atoms. The number of thioether (sulfide) groups is 1. The molecule has 3 aliphatic rings. The van der Waals surface area contributed by atoms with Gasteiger partial charge in [-0.2, -0.15) is 0 Å². The summed E-state index contributed by atoms with van der Waals surface area (Å²) in [4.78, 5) is 57.1. The first-order valence-electron chi connectivity index (χ1n) is 11.1. The average molecular weight is 464 g/mol. The average Bonchev–Trinajstić information content (AvgIpc) is 3.46. The summed E-state index contributed by atoms with van der Waals surface area (Å²) in [6.07, 6.45) is 0.474. The SMILES string of the molecule is C[C@@H](CN1C(=O)c2ccccc2C1=O)C(=O)N1Cc2ccccc2C[C@H]1C(=O)N1CCSC1. The van der Waals surface area contributed by atoms with Crippen molar-refractivity contribution in [1.29, 1.82) is 0 Å². The zero-order valence-corrected chi connectivity index (χ0v) is 19.2. The molecule has 170 valence electrons. The molecule has 4 amide bonds. The highest BCUT2D eigenvalue weighted by molar-refractivity contribution is 7.99. The second-order valence-corrected chi connectivity index (χ2v) is 9.84. The van der Waals surface area contributed by atoms with Gasteiger partial charge in [-0.05, 0) is 23.3 Å². The summed E-state index contributed by atoms with van der Waals surface area (Å²) in [7, 11) is 0. The van der Waals surface area contributed by atoms with Crippen molar-refractivity contribution in [3.05, 3.63) is 70.8 Å². The zero-order valence-electron chi connectivity index (χ0n) is 18.4. The van der Waals surface area contributed by atoms with Gasteiger partial charge in [-0.15, -0.1) is 11.8 Å². The molecule has 0 radical (unpaired) electrons. The quantitative estimate of drug-likeness (QED) is 0.651. The number of hydrogen-bond acceptors (Lipinski definition) is 5. The van der Waals surface area contributed by atoms with E-state index in [-0.39, 0.29) is 30.2 Å². The molecule has 5 rings (SSSR count). The molecule has 2 atom stereocenters. The maximum atomic E-state index is 13.6. The van der Waals surface area contributed by atoms with E-state index >= 15 is 0 Å². The fraction of sp³-hybridized carbons (Fsp3) is 0.360. The third kappa shape index (κ3) is 3.82. The van der Waals surface area contributed by atoms with Gasteiger partial charge < -0.3 is 9.80 Å². The first-order valence-corrected chi connectivity index (χ1v) is 12.3. The predicted octanol–water partition coefficient (Wildman–Crippen LogP) is 2.41. The van der Waals surface area contributed by atoms with Crippen molar-refractivity contribution in [2.45, 2.75) is 25.9 Å². The van der Waals surface area contributed by atoms with Gasteiger partial charge in [0.05, 0.1) is 22.9 Å². The smallest absolute Gasteiger partial charge is 0.261 e. The molecule has 1 fully saturated rings. The van der Waals surface area contributed by atoms with Crippen LogP contribution in [0, 0.1) is 5.92 Å². The van der Waals surface area contributed by atoms with Gasteiger partial charge in [-0.1, -0.05) is 43.3 Å². The third-order valence-corrected chi connectivity index (χ3v) is 7.60. The summed E-state index contributed by atoms with van der Waals surface area (Å²) in [5.41, 5.74) is 2.85. The van der Waals surface area contributed by atoms with E-state index in [0.717, 1.165) is 21.8 Å². The minimum absolute atomic E-state index is 0.0101. The van der Waals surface area contributed by atoms with E-state index in [1.54, 1.807) is 47.9 Å². The van der Waals surface area contributed by atoms with Crippen molar-refractivity contribution in [3.8, 4) is 0 Å². The Labute approximate surface area is 196 Å². The van der Waals surface area contributed by atoms with Crippen LogP contribution >= 0.6 is 11.8 Å².